The lowest BCUT2D eigenvalue weighted by atomic mass is 9.92. The van der Waals surface area contributed by atoms with Gasteiger partial charge in [-0.1, -0.05) is 96.5 Å². The molecule has 2 aromatic rings. The summed E-state index contributed by atoms with van der Waals surface area (Å²) in [6.45, 7) is 2.29. The lowest BCUT2D eigenvalue weighted by Gasteiger charge is -2.18. The molecule has 2 nitrogen and oxygen atoms in total. The lowest BCUT2D eigenvalue weighted by molar-refractivity contribution is 0.535. The third-order valence-electron chi connectivity index (χ3n) is 7.19. The molecule has 1 aromatic carbocycles. The van der Waals surface area contributed by atoms with Crippen LogP contribution in [-0.4, -0.2) is 4.98 Å². The van der Waals surface area contributed by atoms with E-state index in [4.69, 9.17) is 10.7 Å². The summed E-state index contributed by atoms with van der Waals surface area (Å²) >= 11 is 0. The average molecular weight is 423 g/mol. The van der Waals surface area contributed by atoms with Crippen LogP contribution in [0.2, 0.25) is 0 Å². The van der Waals surface area contributed by atoms with Crippen molar-refractivity contribution >= 4 is 16.6 Å². The van der Waals surface area contributed by atoms with Crippen LogP contribution in [0.3, 0.4) is 0 Å². The highest BCUT2D eigenvalue weighted by molar-refractivity contribution is 5.92. The fraction of sp³-hybridized carbons (Fsp3) is 0.690. The van der Waals surface area contributed by atoms with Crippen molar-refractivity contribution < 1.29 is 0 Å². The van der Waals surface area contributed by atoms with Crippen molar-refractivity contribution in [3.8, 4) is 0 Å². The first-order valence-electron chi connectivity index (χ1n) is 13.5. The zero-order valence-corrected chi connectivity index (χ0v) is 20.2. The quantitative estimate of drug-likeness (QED) is 0.291. The molecule has 0 radical (unpaired) electrons. The van der Waals surface area contributed by atoms with Gasteiger partial charge < -0.3 is 5.73 Å². The Morgan fingerprint density at radius 2 is 1.32 bits per heavy atom. The maximum Gasteiger partial charge on any atom is 0.0726 e. The van der Waals surface area contributed by atoms with Crippen LogP contribution >= 0.6 is 0 Å². The molecule has 1 aliphatic rings. The Bertz CT molecular complexity index is 780. The topological polar surface area (TPSA) is 38.9 Å². The molecule has 31 heavy (non-hydrogen) atoms. The first-order valence-corrected chi connectivity index (χ1v) is 13.5. The van der Waals surface area contributed by atoms with E-state index in [9.17, 15) is 0 Å². The molecule has 0 saturated heterocycles. The summed E-state index contributed by atoms with van der Waals surface area (Å²) < 4.78 is 0. The largest absolute Gasteiger partial charge is 0.398 e. The predicted molar refractivity (Wildman–Crippen MR) is 137 cm³/mol. The van der Waals surface area contributed by atoms with E-state index in [1.165, 1.54) is 131 Å². The minimum Gasteiger partial charge on any atom is -0.398 e. The van der Waals surface area contributed by atoms with Gasteiger partial charge in [-0.3, -0.25) is 4.98 Å². The van der Waals surface area contributed by atoms with Crippen molar-refractivity contribution in [2.75, 3.05) is 5.73 Å². The van der Waals surface area contributed by atoms with Gasteiger partial charge in [0.25, 0.3) is 0 Å². The van der Waals surface area contributed by atoms with Crippen molar-refractivity contribution in [2.24, 2.45) is 0 Å². The maximum atomic E-state index is 6.55. The Hall–Kier alpha value is -1.57. The highest BCUT2D eigenvalue weighted by Crippen LogP contribution is 2.31. The SMILES string of the molecule is CCCCCCCCCCCCCCCCc1ccc2nc3c(c(N)c2c1)CCCC3. The van der Waals surface area contributed by atoms with Gasteiger partial charge in [0, 0.05) is 16.8 Å². The van der Waals surface area contributed by atoms with E-state index >= 15 is 0 Å². The van der Waals surface area contributed by atoms with Gasteiger partial charge in [-0.05, 0) is 61.8 Å². The number of pyridine rings is 1. The number of fused-ring (bicyclic) bond motifs is 2. The van der Waals surface area contributed by atoms with Crippen LogP contribution < -0.4 is 5.73 Å². The van der Waals surface area contributed by atoms with Gasteiger partial charge in [0.15, 0.2) is 0 Å². The molecule has 2 N–H and O–H groups in total. The Morgan fingerprint density at radius 3 is 1.97 bits per heavy atom. The molecule has 0 saturated carbocycles. The lowest BCUT2D eigenvalue weighted by Crippen LogP contribution is -2.09. The van der Waals surface area contributed by atoms with E-state index in [1.807, 2.05) is 0 Å². The van der Waals surface area contributed by atoms with Crippen LogP contribution in [-0.2, 0) is 19.3 Å². The van der Waals surface area contributed by atoms with Crippen LogP contribution in [0.5, 0.6) is 0 Å². The van der Waals surface area contributed by atoms with E-state index in [1.54, 1.807) is 0 Å². The van der Waals surface area contributed by atoms with E-state index in [0.717, 1.165) is 24.0 Å². The van der Waals surface area contributed by atoms with Crippen LogP contribution in [0.25, 0.3) is 10.9 Å². The molecule has 1 aliphatic carbocycles. The summed E-state index contributed by atoms with van der Waals surface area (Å²) in [6, 6.07) is 6.78. The van der Waals surface area contributed by atoms with Crippen LogP contribution in [0.15, 0.2) is 18.2 Å². The van der Waals surface area contributed by atoms with Gasteiger partial charge >= 0.3 is 0 Å². The number of nitrogen functional groups attached to an aromatic ring is 1. The van der Waals surface area contributed by atoms with Gasteiger partial charge in [0.2, 0.25) is 0 Å². The van der Waals surface area contributed by atoms with Gasteiger partial charge in [0.1, 0.15) is 0 Å². The molecule has 2 heteroatoms. The Morgan fingerprint density at radius 1 is 0.742 bits per heavy atom. The summed E-state index contributed by atoms with van der Waals surface area (Å²) in [5.41, 5.74) is 12.6. The molecule has 0 fully saturated rings. The van der Waals surface area contributed by atoms with Gasteiger partial charge in [-0.15, -0.1) is 0 Å². The molecular weight excluding hydrogens is 376 g/mol. The normalized spacial score (nSPS) is 13.6. The zero-order chi connectivity index (χ0) is 21.7. The predicted octanol–water partition coefficient (Wildman–Crippen LogP) is 8.72. The number of unbranched alkanes of at least 4 members (excludes halogenated alkanes) is 13. The molecule has 1 aromatic heterocycles. The zero-order valence-electron chi connectivity index (χ0n) is 20.2. The molecule has 0 aliphatic heterocycles. The summed E-state index contributed by atoms with van der Waals surface area (Å²) in [4.78, 5) is 4.91. The number of hydrogen-bond donors (Lipinski definition) is 1. The van der Waals surface area contributed by atoms with Crippen molar-refractivity contribution in [3.63, 3.8) is 0 Å². The molecule has 3 rings (SSSR count). The number of aryl methyl sites for hydroxylation is 2. The second kappa shape index (κ2) is 13.8. The van der Waals surface area contributed by atoms with E-state index in [-0.39, 0.29) is 0 Å². The monoisotopic (exact) mass is 422 g/mol. The Kier molecular flexibility index (Phi) is 10.7. The number of rotatable bonds is 15. The fourth-order valence-corrected chi connectivity index (χ4v) is 5.19. The molecule has 0 bridgehead atoms. The highest BCUT2D eigenvalue weighted by atomic mass is 14.7. The van der Waals surface area contributed by atoms with Crippen LogP contribution in [0, 0.1) is 0 Å². The molecule has 172 valence electrons. The van der Waals surface area contributed by atoms with Gasteiger partial charge in [0.05, 0.1) is 5.52 Å². The second-order valence-corrected chi connectivity index (χ2v) is 9.86. The summed E-state index contributed by atoms with van der Waals surface area (Å²) in [6.07, 6.45) is 25.7. The summed E-state index contributed by atoms with van der Waals surface area (Å²) in [5.74, 6) is 0. The van der Waals surface area contributed by atoms with Crippen molar-refractivity contribution in [2.45, 2.75) is 129 Å². The Labute approximate surface area is 191 Å². The fourth-order valence-electron chi connectivity index (χ4n) is 5.19. The number of benzene rings is 1. The third-order valence-corrected chi connectivity index (χ3v) is 7.19. The minimum absolute atomic E-state index is 1.00. The standard InChI is InChI=1S/C29H46N2/c1-2-3-4-5-6-7-8-9-10-11-12-13-14-15-18-24-21-22-28-26(23-24)29(30)25-19-16-17-20-27(25)31-28/h21-23H,2-20H2,1H3,(H2,30,31). The maximum absolute atomic E-state index is 6.55. The third kappa shape index (κ3) is 7.81. The highest BCUT2D eigenvalue weighted by Gasteiger charge is 2.16. The average Bonchev–Trinajstić information content (AvgIpc) is 2.80. The first kappa shape index (κ1) is 24.1. The summed E-state index contributed by atoms with van der Waals surface area (Å²) in [5, 5.41) is 1.18. The molecule has 0 spiro atoms. The van der Waals surface area contributed by atoms with Gasteiger partial charge in [-0.25, -0.2) is 0 Å². The number of aromatic nitrogens is 1. The minimum atomic E-state index is 1.00. The molecule has 0 unspecified atom stereocenters. The smallest absolute Gasteiger partial charge is 0.0726 e. The number of hydrogen-bond acceptors (Lipinski definition) is 2. The van der Waals surface area contributed by atoms with Crippen LogP contribution in [0.1, 0.15) is 126 Å². The molecular formula is C29H46N2. The van der Waals surface area contributed by atoms with Crippen molar-refractivity contribution in [1.29, 1.82) is 0 Å². The number of anilines is 1. The number of nitrogens with two attached hydrogens (primary N) is 1. The van der Waals surface area contributed by atoms with Crippen molar-refractivity contribution in [1.82, 2.24) is 4.98 Å². The van der Waals surface area contributed by atoms with E-state index in [0.29, 0.717) is 0 Å². The van der Waals surface area contributed by atoms with Crippen LogP contribution in [0.4, 0.5) is 5.69 Å². The second-order valence-electron chi connectivity index (χ2n) is 9.86. The number of nitrogens with zero attached hydrogens (tertiary/aromatic N) is 1. The van der Waals surface area contributed by atoms with E-state index < -0.39 is 0 Å². The van der Waals surface area contributed by atoms with E-state index in [2.05, 4.69) is 25.1 Å². The van der Waals surface area contributed by atoms with Gasteiger partial charge in [-0.2, -0.15) is 0 Å². The van der Waals surface area contributed by atoms with Crippen molar-refractivity contribution in [3.05, 3.63) is 35.0 Å². The molecule has 0 atom stereocenters. The Balaban J connectivity index is 1.27. The summed E-state index contributed by atoms with van der Waals surface area (Å²) in [7, 11) is 0. The molecule has 1 heterocycles. The molecule has 0 amide bonds. The first-order chi connectivity index (χ1) is 15.3.